The zero-order valence-electron chi connectivity index (χ0n) is 15.2. The second-order valence-electron chi connectivity index (χ2n) is 6.36. The van der Waals surface area contributed by atoms with Crippen molar-refractivity contribution in [2.75, 3.05) is 0 Å². The number of carboxylic acids is 1. The lowest BCUT2D eigenvalue weighted by molar-refractivity contribution is 0.0265. The van der Waals surface area contributed by atoms with Crippen LogP contribution in [-0.2, 0) is 4.74 Å². The number of rotatable bonds is 10. The molecule has 0 aliphatic rings. The van der Waals surface area contributed by atoms with Gasteiger partial charge in [-0.3, -0.25) is 0 Å². The van der Waals surface area contributed by atoms with Crippen molar-refractivity contribution in [3.8, 4) is 0 Å². The Kier molecular flexibility index (Phi) is 7.87. The van der Waals surface area contributed by atoms with E-state index < -0.39 is 11.9 Å². The van der Waals surface area contributed by atoms with E-state index in [1.165, 1.54) is 31.4 Å². The number of carboxylic acid groups (broad SMARTS) is 1. The molecule has 0 radical (unpaired) electrons. The first-order valence-corrected chi connectivity index (χ1v) is 9.21. The summed E-state index contributed by atoms with van der Waals surface area (Å²) < 4.78 is 5.72. The van der Waals surface area contributed by atoms with Gasteiger partial charge in [-0.05, 0) is 30.5 Å². The van der Waals surface area contributed by atoms with E-state index in [0.29, 0.717) is 0 Å². The number of aromatic carboxylic acids is 1. The standard InChI is InChI=1S/C22H26O4/c1-2-3-4-5-9-16-20(17-12-7-6-8-13-17)26-22(25)19-15-11-10-14-18(19)21(23)24/h6-8,10-15,20H,2-5,9,16H2,1H3,(H,23,24). The van der Waals surface area contributed by atoms with Gasteiger partial charge >= 0.3 is 11.9 Å². The highest BCUT2D eigenvalue weighted by Crippen LogP contribution is 2.26. The number of benzene rings is 2. The van der Waals surface area contributed by atoms with Crippen LogP contribution in [0.5, 0.6) is 0 Å². The highest BCUT2D eigenvalue weighted by molar-refractivity contribution is 6.02. The van der Waals surface area contributed by atoms with E-state index >= 15 is 0 Å². The van der Waals surface area contributed by atoms with Gasteiger partial charge in [0.25, 0.3) is 0 Å². The average molecular weight is 354 g/mol. The van der Waals surface area contributed by atoms with Gasteiger partial charge in [0.15, 0.2) is 0 Å². The number of esters is 1. The molecule has 1 unspecified atom stereocenters. The molecule has 0 bridgehead atoms. The lowest BCUT2D eigenvalue weighted by atomic mass is 10.0. The fourth-order valence-corrected chi connectivity index (χ4v) is 2.93. The Labute approximate surface area is 154 Å². The van der Waals surface area contributed by atoms with Crippen molar-refractivity contribution in [3.05, 3.63) is 71.3 Å². The average Bonchev–Trinajstić information content (AvgIpc) is 2.67. The summed E-state index contributed by atoms with van der Waals surface area (Å²) in [5, 5.41) is 9.28. The molecule has 2 aromatic rings. The van der Waals surface area contributed by atoms with Crippen LogP contribution in [0.25, 0.3) is 0 Å². The Morgan fingerprint density at radius 3 is 2.15 bits per heavy atom. The van der Waals surface area contributed by atoms with E-state index in [4.69, 9.17) is 4.74 Å². The van der Waals surface area contributed by atoms with Crippen LogP contribution in [0.4, 0.5) is 0 Å². The van der Waals surface area contributed by atoms with Crippen LogP contribution in [0, 0.1) is 0 Å². The number of ether oxygens (including phenoxy) is 1. The molecule has 26 heavy (non-hydrogen) atoms. The smallest absolute Gasteiger partial charge is 0.339 e. The summed E-state index contributed by atoms with van der Waals surface area (Å²) >= 11 is 0. The molecule has 0 aliphatic carbocycles. The van der Waals surface area contributed by atoms with Gasteiger partial charge in [0.2, 0.25) is 0 Å². The molecule has 0 aromatic heterocycles. The second kappa shape index (κ2) is 10.4. The molecule has 2 aromatic carbocycles. The van der Waals surface area contributed by atoms with Gasteiger partial charge in [-0.15, -0.1) is 0 Å². The first-order chi connectivity index (χ1) is 12.6. The van der Waals surface area contributed by atoms with Crippen LogP contribution in [0.1, 0.15) is 77.8 Å². The van der Waals surface area contributed by atoms with E-state index in [2.05, 4.69) is 6.92 Å². The van der Waals surface area contributed by atoms with E-state index in [0.717, 1.165) is 24.8 Å². The summed E-state index contributed by atoms with van der Waals surface area (Å²) in [6.07, 6.45) is 5.99. The Balaban J connectivity index is 2.11. The minimum absolute atomic E-state index is 0.0349. The van der Waals surface area contributed by atoms with Crippen LogP contribution in [0.15, 0.2) is 54.6 Å². The molecular formula is C22H26O4. The molecule has 1 N–H and O–H groups in total. The van der Waals surface area contributed by atoms with Gasteiger partial charge < -0.3 is 9.84 Å². The van der Waals surface area contributed by atoms with Crippen molar-refractivity contribution < 1.29 is 19.4 Å². The van der Waals surface area contributed by atoms with E-state index in [1.54, 1.807) is 12.1 Å². The zero-order chi connectivity index (χ0) is 18.8. The first-order valence-electron chi connectivity index (χ1n) is 9.21. The SMILES string of the molecule is CCCCCCCC(OC(=O)c1ccccc1C(=O)O)c1ccccc1. The Bertz CT molecular complexity index is 709. The molecule has 4 nitrogen and oxygen atoms in total. The predicted octanol–water partition coefficient (Wildman–Crippen LogP) is 5.64. The maximum atomic E-state index is 12.6. The van der Waals surface area contributed by atoms with Gasteiger partial charge in [0.05, 0.1) is 11.1 Å². The minimum atomic E-state index is -1.13. The van der Waals surface area contributed by atoms with Crippen molar-refractivity contribution in [3.63, 3.8) is 0 Å². The molecule has 0 aliphatic heterocycles. The predicted molar refractivity (Wildman–Crippen MR) is 101 cm³/mol. The highest BCUT2D eigenvalue weighted by atomic mass is 16.5. The molecule has 4 heteroatoms. The third kappa shape index (κ3) is 5.73. The molecule has 2 rings (SSSR count). The van der Waals surface area contributed by atoms with Crippen LogP contribution in [0.2, 0.25) is 0 Å². The summed E-state index contributed by atoms with van der Waals surface area (Å²) in [4.78, 5) is 23.9. The van der Waals surface area contributed by atoms with Crippen LogP contribution in [0.3, 0.4) is 0 Å². The second-order valence-corrected chi connectivity index (χ2v) is 6.36. The number of hydrogen-bond donors (Lipinski definition) is 1. The molecule has 0 spiro atoms. The molecule has 1 atom stereocenters. The molecule has 0 saturated heterocycles. The largest absolute Gasteiger partial charge is 0.478 e. The van der Waals surface area contributed by atoms with Gasteiger partial charge in [0, 0.05) is 0 Å². The van der Waals surface area contributed by atoms with Crippen molar-refractivity contribution in [2.24, 2.45) is 0 Å². The lowest BCUT2D eigenvalue weighted by Gasteiger charge is -2.19. The maximum Gasteiger partial charge on any atom is 0.339 e. The number of carbonyl (C=O) groups excluding carboxylic acids is 1. The highest BCUT2D eigenvalue weighted by Gasteiger charge is 2.21. The van der Waals surface area contributed by atoms with E-state index in [-0.39, 0.29) is 17.2 Å². The summed E-state index contributed by atoms with van der Waals surface area (Å²) in [6.45, 7) is 2.18. The molecule has 0 amide bonds. The van der Waals surface area contributed by atoms with Crippen LogP contribution >= 0.6 is 0 Å². The molecular weight excluding hydrogens is 328 g/mol. The van der Waals surface area contributed by atoms with Gasteiger partial charge in [-0.1, -0.05) is 75.1 Å². The summed E-state index contributed by atoms with van der Waals surface area (Å²) in [6, 6.07) is 15.8. The third-order valence-electron chi connectivity index (χ3n) is 4.37. The van der Waals surface area contributed by atoms with Crippen molar-refractivity contribution >= 4 is 11.9 Å². The molecule has 0 heterocycles. The van der Waals surface area contributed by atoms with Crippen LogP contribution < -0.4 is 0 Å². The Hall–Kier alpha value is -2.62. The molecule has 138 valence electrons. The van der Waals surface area contributed by atoms with Crippen molar-refractivity contribution in [1.29, 1.82) is 0 Å². The fourth-order valence-electron chi connectivity index (χ4n) is 2.93. The van der Waals surface area contributed by atoms with Crippen molar-refractivity contribution in [1.82, 2.24) is 0 Å². The first kappa shape index (κ1) is 19.7. The lowest BCUT2D eigenvalue weighted by Crippen LogP contribution is -2.15. The Morgan fingerprint density at radius 1 is 0.885 bits per heavy atom. The molecule has 0 saturated carbocycles. The monoisotopic (exact) mass is 354 g/mol. The molecule has 0 fully saturated rings. The Morgan fingerprint density at radius 2 is 1.50 bits per heavy atom. The quantitative estimate of drug-likeness (QED) is 0.443. The number of carbonyl (C=O) groups is 2. The normalized spacial score (nSPS) is 11.7. The van der Waals surface area contributed by atoms with Crippen molar-refractivity contribution in [2.45, 2.75) is 51.6 Å². The van der Waals surface area contributed by atoms with E-state index in [9.17, 15) is 14.7 Å². The minimum Gasteiger partial charge on any atom is -0.478 e. The van der Waals surface area contributed by atoms with Gasteiger partial charge in [0.1, 0.15) is 6.10 Å². The van der Waals surface area contributed by atoms with Crippen LogP contribution in [-0.4, -0.2) is 17.0 Å². The number of unbranched alkanes of at least 4 members (excludes halogenated alkanes) is 4. The third-order valence-corrected chi connectivity index (χ3v) is 4.37. The number of hydrogen-bond acceptors (Lipinski definition) is 3. The fraction of sp³-hybridized carbons (Fsp3) is 0.364. The summed E-state index contributed by atoms with van der Waals surface area (Å²) in [7, 11) is 0. The van der Waals surface area contributed by atoms with Gasteiger partial charge in [-0.25, -0.2) is 9.59 Å². The topological polar surface area (TPSA) is 63.6 Å². The summed E-state index contributed by atoms with van der Waals surface area (Å²) in [5.74, 6) is -1.72. The van der Waals surface area contributed by atoms with E-state index in [1.807, 2.05) is 30.3 Å². The summed E-state index contributed by atoms with van der Waals surface area (Å²) in [5.41, 5.74) is 0.989. The van der Waals surface area contributed by atoms with Gasteiger partial charge in [-0.2, -0.15) is 0 Å². The zero-order valence-corrected chi connectivity index (χ0v) is 15.2. The maximum absolute atomic E-state index is 12.6.